The fourth-order valence-electron chi connectivity index (χ4n) is 4.31. The summed E-state index contributed by atoms with van der Waals surface area (Å²) in [6, 6.07) is 13.7. The highest BCUT2D eigenvalue weighted by atomic mass is 16.6. The summed E-state index contributed by atoms with van der Waals surface area (Å²) in [6.07, 6.45) is 3.40. The van der Waals surface area contributed by atoms with Gasteiger partial charge in [0, 0.05) is 49.4 Å². The molecule has 2 heterocycles. The second kappa shape index (κ2) is 9.16. The van der Waals surface area contributed by atoms with Gasteiger partial charge in [0.05, 0.1) is 4.92 Å². The molecule has 4 rings (SSSR count). The molecule has 0 unspecified atom stereocenters. The summed E-state index contributed by atoms with van der Waals surface area (Å²) in [6.45, 7) is 2.65. The van der Waals surface area contributed by atoms with Crippen LogP contribution in [0.4, 0.5) is 17.1 Å². The number of rotatable bonds is 5. The Morgan fingerprint density at radius 1 is 0.935 bits per heavy atom. The minimum atomic E-state index is -0.483. The number of piperidine rings is 1. The predicted molar refractivity (Wildman–Crippen MR) is 117 cm³/mol. The molecule has 0 aromatic heterocycles. The third kappa shape index (κ3) is 4.68. The SMILES string of the molecule is O=C(c1ccc(Nc2ccccc2)c([N+](=O)[O-])c1)N1CCC(C(=O)N2CCCC2)CC1. The Bertz CT molecular complexity index is 965. The number of benzene rings is 2. The number of amides is 2. The number of nitro groups is 1. The van der Waals surface area contributed by atoms with Crippen molar-refractivity contribution in [3.63, 3.8) is 0 Å². The lowest BCUT2D eigenvalue weighted by Crippen LogP contribution is -2.43. The third-order valence-electron chi connectivity index (χ3n) is 6.04. The number of nitrogens with one attached hydrogen (secondary N) is 1. The molecule has 2 aromatic rings. The van der Waals surface area contributed by atoms with E-state index in [-0.39, 0.29) is 29.0 Å². The second-order valence-corrected chi connectivity index (χ2v) is 8.08. The molecule has 0 saturated carbocycles. The number of likely N-dealkylation sites (tertiary alicyclic amines) is 2. The molecule has 2 saturated heterocycles. The predicted octanol–water partition coefficient (Wildman–Crippen LogP) is 3.81. The number of hydrogen-bond acceptors (Lipinski definition) is 5. The highest BCUT2D eigenvalue weighted by Gasteiger charge is 2.32. The van der Waals surface area contributed by atoms with E-state index in [4.69, 9.17) is 0 Å². The van der Waals surface area contributed by atoms with Gasteiger partial charge in [-0.3, -0.25) is 19.7 Å². The number of para-hydroxylation sites is 1. The average molecular weight is 422 g/mol. The van der Waals surface area contributed by atoms with Gasteiger partial charge in [-0.15, -0.1) is 0 Å². The Hall–Kier alpha value is -3.42. The lowest BCUT2D eigenvalue weighted by molar-refractivity contribution is -0.383. The van der Waals surface area contributed by atoms with Gasteiger partial charge in [0.25, 0.3) is 11.6 Å². The van der Waals surface area contributed by atoms with Gasteiger partial charge in [-0.2, -0.15) is 0 Å². The molecule has 8 heteroatoms. The van der Waals surface area contributed by atoms with Crippen molar-refractivity contribution in [2.75, 3.05) is 31.5 Å². The van der Waals surface area contributed by atoms with Gasteiger partial charge in [0.1, 0.15) is 5.69 Å². The van der Waals surface area contributed by atoms with E-state index in [1.165, 1.54) is 6.07 Å². The van der Waals surface area contributed by atoms with E-state index < -0.39 is 4.92 Å². The Morgan fingerprint density at radius 2 is 1.61 bits per heavy atom. The molecule has 0 bridgehead atoms. The van der Waals surface area contributed by atoms with Crippen molar-refractivity contribution in [3.05, 3.63) is 64.2 Å². The van der Waals surface area contributed by atoms with Gasteiger partial charge in [-0.1, -0.05) is 18.2 Å². The first-order valence-electron chi connectivity index (χ1n) is 10.7. The van der Waals surface area contributed by atoms with Crippen LogP contribution in [0, 0.1) is 16.0 Å². The normalized spacial score (nSPS) is 16.9. The molecule has 162 valence electrons. The monoisotopic (exact) mass is 422 g/mol. The van der Waals surface area contributed by atoms with Crippen LogP contribution >= 0.6 is 0 Å². The Morgan fingerprint density at radius 3 is 2.26 bits per heavy atom. The van der Waals surface area contributed by atoms with E-state index in [0.717, 1.165) is 31.6 Å². The van der Waals surface area contributed by atoms with E-state index in [9.17, 15) is 19.7 Å². The van der Waals surface area contributed by atoms with Gasteiger partial charge in [-0.05, 0) is 49.9 Å². The first-order valence-corrected chi connectivity index (χ1v) is 10.7. The number of hydrogen-bond donors (Lipinski definition) is 1. The molecule has 2 aliphatic heterocycles. The van der Waals surface area contributed by atoms with Gasteiger partial charge < -0.3 is 15.1 Å². The largest absolute Gasteiger partial charge is 0.350 e. The van der Waals surface area contributed by atoms with Crippen LogP contribution < -0.4 is 5.32 Å². The Balaban J connectivity index is 1.43. The van der Waals surface area contributed by atoms with E-state index in [1.807, 2.05) is 35.2 Å². The van der Waals surface area contributed by atoms with E-state index in [1.54, 1.807) is 17.0 Å². The topological polar surface area (TPSA) is 95.8 Å². The van der Waals surface area contributed by atoms with Crippen LogP contribution in [-0.2, 0) is 4.79 Å². The molecule has 2 aromatic carbocycles. The number of carbonyl (C=O) groups excluding carboxylic acids is 2. The molecular weight excluding hydrogens is 396 g/mol. The zero-order chi connectivity index (χ0) is 21.8. The maximum atomic E-state index is 13.0. The van der Waals surface area contributed by atoms with Crippen molar-refractivity contribution in [1.29, 1.82) is 0 Å². The van der Waals surface area contributed by atoms with Crippen LogP contribution in [0.25, 0.3) is 0 Å². The molecule has 1 N–H and O–H groups in total. The van der Waals surface area contributed by atoms with E-state index >= 15 is 0 Å². The number of nitro benzene ring substituents is 1. The second-order valence-electron chi connectivity index (χ2n) is 8.08. The van der Waals surface area contributed by atoms with E-state index in [2.05, 4.69) is 5.32 Å². The van der Waals surface area contributed by atoms with Crippen LogP contribution in [0.1, 0.15) is 36.0 Å². The molecular formula is C23H26N4O4. The summed E-state index contributed by atoms with van der Waals surface area (Å²) in [4.78, 5) is 40.3. The minimum Gasteiger partial charge on any atom is -0.350 e. The van der Waals surface area contributed by atoms with Crippen LogP contribution in [0.5, 0.6) is 0 Å². The Kier molecular flexibility index (Phi) is 6.16. The van der Waals surface area contributed by atoms with Crippen LogP contribution in [0.3, 0.4) is 0 Å². The first kappa shape index (κ1) is 20.8. The lowest BCUT2D eigenvalue weighted by Gasteiger charge is -2.33. The zero-order valence-electron chi connectivity index (χ0n) is 17.3. The quantitative estimate of drug-likeness (QED) is 0.584. The Labute approximate surface area is 181 Å². The summed E-state index contributed by atoms with van der Waals surface area (Å²) >= 11 is 0. The van der Waals surface area contributed by atoms with Crippen molar-refractivity contribution < 1.29 is 14.5 Å². The van der Waals surface area contributed by atoms with Gasteiger partial charge >= 0.3 is 0 Å². The first-order chi connectivity index (χ1) is 15.0. The van der Waals surface area contributed by atoms with E-state index in [0.29, 0.717) is 31.6 Å². The third-order valence-corrected chi connectivity index (χ3v) is 6.04. The number of nitrogens with zero attached hydrogens (tertiary/aromatic N) is 3. The molecule has 0 aliphatic carbocycles. The maximum Gasteiger partial charge on any atom is 0.293 e. The van der Waals surface area contributed by atoms with Crippen LogP contribution in [0.15, 0.2) is 48.5 Å². The number of anilines is 2. The molecule has 2 fully saturated rings. The molecule has 8 nitrogen and oxygen atoms in total. The fourth-order valence-corrected chi connectivity index (χ4v) is 4.31. The molecule has 2 amide bonds. The van der Waals surface area contributed by atoms with Crippen molar-refractivity contribution in [2.24, 2.45) is 5.92 Å². The standard InChI is InChI=1S/C23H26N4O4/c28-22(25-12-4-5-13-25)17-10-14-26(15-11-17)23(29)18-8-9-20(21(16-18)27(30)31)24-19-6-2-1-3-7-19/h1-3,6-9,16-17,24H,4-5,10-15H2. The molecule has 0 radical (unpaired) electrons. The number of carbonyl (C=O) groups is 2. The van der Waals surface area contributed by atoms with Gasteiger partial charge in [0.15, 0.2) is 0 Å². The fraction of sp³-hybridized carbons (Fsp3) is 0.391. The van der Waals surface area contributed by atoms with Gasteiger partial charge in [0.2, 0.25) is 5.91 Å². The van der Waals surface area contributed by atoms with Crippen LogP contribution in [-0.4, -0.2) is 52.7 Å². The minimum absolute atomic E-state index is 0.0334. The smallest absolute Gasteiger partial charge is 0.293 e. The maximum absolute atomic E-state index is 13.0. The van der Waals surface area contributed by atoms with Crippen LogP contribution in [0.2, 0.25) is 0 Å². The average Bonchev–Trinajstić information content (AvgIpc) is 3.34. The molecule has 2 aliphatic rings. The molecule has 31 heavy (non-hydrogen) atoms. The highest BCUT2D eigenvalue weighted by molar-refractivity contribution is 5.96. The highest BCUT2D eigenvalue weighted by Crippen LogP contribution is 2.30. The lowest BCUT2D eigenvalue weighted by atomic mass is 9.95. The molecule has 0 spiro atoms. The summed E-state index contributed by atoms with van der Waals surface area (Å²) in [7, 11) is 0. The van der Waals surface area contributed by atoms with Crippen molar-refractivity contribution in [1.82, 2.24) is 9.80 Å². The zero-order valence-corrected chi connectivity index (χ0v) is 17.3. The summed E-state index contributed by atoms with van der Waals surface area (Å²) < 4.78 is 0. The summed E-state index contributed by atoms with van der Waals surface area (Å²) in [5, 5.41) is 14.6. The van der Waals surface area contributed by atoms with Gasteiger partial charge in [-0.25, -0.2) is 0 Å². The molecule has 0 atom stereocenters. The summed E-state index contributed by atoms with van der Waals surface area (Å²) in [5.41, 5.74) is 1.21. The summed E-state index contributed by atoms with van der Waals surface area (Å²) in [5.74, 6) is -0.0630. The van der Waals surface area contributed by atoms with Crippen molar-refractivity contribution in [2.45, 2.75) is 25.7 Å². The van der Waals surface area contributed by atoms with Crippen molar-refractivity contribution in [3.8, 4) is 0 Å². The van der Waals surface area contributed by atoms with Crippen molar-refractivity contribution >= 4 is 28.9 Å².